The van der Waals surface area contributed by atoms with Gasteiger partial charge >= 0.3 is 11.9 Å². The fraction of sp³-hybridized carbons (Fsp3) is 0.857. The van der Waals surface area contributed by atoms with Crippen molar-refractivity contribution in [2.75, 3.05) is 13.2 Å². The first-order valence-corrected chi connectivity index (χ1v) is 6.90. The second kappa shape index (κ2) is 8.92. The van der Waals surface area contributed by atoms with Crippen LogP contribution >= 0.6 is 0 Å². The molecule has 0 spiro atoms. The lowest BCUT2D eigenvalue weighted by Gasteiger charge is -2.30. The summed E-state index contributed by atoms with van der Waals surface area (Å²) in [5.74, 6) is -2.27. The van der Waals surface area contributed by atoms with Crippen molar-refractivity contribution in [3.8, 4) is 0 Å². The van der Waals surface area contributed by atoms with Crippen molar-refractivity contribution in [2.24, 2.45) is 11.8 Å². The van der Waals surface area contributed by atoms with E-state index in [0.29, 0.717) is 12.8 Å². The summed E-state index contributed by atoms with van der Waals surface area (Å²) in [7, 11) is 0. The number of carboxylic acid groups (broad SMARTS) is 1. The summed E-state index contributed by atoms with van der Waals surface area (Å²) in [5.41, 5.74) is -0.544. The molecule has 6 nitrogen and oxygen atoms in total. The Hall–Kier alpha value is -1.14. The standard InChI is InChI=1S/C12H20O4.C2H6O2/c1-12(2,3)16-11(15)9-7-5-4-6-8(9)10(13)14;3-1-2-4/h8-9H,4-7H2,1-3H3,(H,13,14);3-4H,1-2H2. The van der Waals surface area contributed by atoms with E-state index in [9.17, 15) is 9.59 Å². The second-order valence-corrected chi connectivity index (χ2v) is 5.82. The minimum Gasteiger partial charge on any atom is -0.481 e. The lowest BCUT2D eigenvalue weighted by atomic mass is 9.79. The van der Waals surface area contributed by atoms with E-state index in [-0.39, 0.29) is 19.2 Å². The molecule has 0 saturated heterocycles. The number of esters is 1. The van der Waals surface area contributed by atoms with Crippen molar-refractivity contribution in [3.63, 3.8) is 0 Å². The van der Waals surface area contributed by atoms with Gasteiger partial charge in [0, 0.05) is 0 Å². The summed E-state index contributed by atoms with van der Waals surface area (Å²) in [4.78, 5) is 22.9. The molecule has 1 fully saturated rings. The van der Waals surface area contributed by atoms with E-state index in [1.807, 2.05) is 0 Å². The van der Waals surface area contributed by atoms with E-state index in [0.717, 1.165) is 12.8 Å². The first kappa shape index (κ1) is 18.9. The van der Waals surface area contributed by atoms with Gasteiger partial charge in [0.1, 0.15) is 5.60 Å². The first-order chi connectivity index (χ1) is 9.22. The van der Waals surface area contributed by atoms with Gasteiger partial charge in [-0.1, -0.05) is 12.8 Å². The topological polar surface area (TPSA) is 104 Å². The molecular weight excluding hydrogens is 264 g/mol. The van der Waals surface area contributed by atoms with Crippen LogP contribution in [0.5, 0.6) is 0 Å². The van der Waals surface area contributed by atoms with Gasteiger partial charge in [-0.15, -0.1) is 0 Å². The number of carbonyl (C=O) groups excluding carboxylic acids is 1. The molecular formula is C14H26O6. The Morgan fingerprint density at radius 1 is 1.05 bits per heavy atom. The molecule has 0 amide bonds. The maximum atomic E-state index is 11.8. The molecule has 2 atom stereocenters. The van der Waals surface area contributed by atoms with Crippen LogP contribution in [-0.4, -0.2) is 46.1 Å². The second-order valence-electron chi connectivity index (χ2n) is 5.82. The summed E-state index contributed by atoms with van der Waals surface area (Å²) in [5, 5.41) is 24.3. The molecule has 0 aromatic carbocycles. The average Bonchev–Trinajstić information content (AvgIpc) is 2.37. The quantitative estimate of drug-likeness (QED) is 0.674. The molecule has 118 valence electrons. The highest BCUT2D eigenvalue weighted by atomic mass is 16.6. The fourth-order valence-electron chi connectivity index (χ4n) is 2.09. The molecule has 1 rings (SSSR count). The van der Waals surface area contributed by atoms with Crippen LogP contribution in [0.2, 0.25) is 0 Å². The van der Waals surface area contributed by atoms with Crippen LogP contribution in [0.4, 0.5) is 0 Å². The van der Waals surface area contributed by atoms with Crippen molar-refractivity contribution in [3.05, 3.63) is 0 Å². The highest BCUT2D eigenvalue weighted by Crippen LogP contribution is 2.32. The predicted octanol–water partition coefficient (Wildman–Crippen LogP) is 1.19. The van der Waals surface area contributed by atoms with Gasteiger partial charge < -0.3 is 20.1 Å². The van der Waals surface area contributed by atoms with E-state index >= 15 is 0 Å². The molecule has 0 aromatic rings. The average molecular weight is 290 g/mol. The summed E-state index contributed by atoms with van der Waals surface area (Å²) < 4.78 is 5.26. The molecule has 6 heteroatoms. The van der Waals surface area contributed by atoms with Crippen LogP contribution in [-0.2, 0) is 14.3 Å². The Morgan fingerprint density at radius 2 is 1.50 bits per heavy atom. The monoisotopic (exact) mass is 290 g/mol. The van der Waals surface area contributed by atoms with E-state index < -0.39 is 23.4 Å². The summed E-state index contributed by atoms with van der Waals surface area (Å²) in [6.45, 7) is 5.14. The molecule has 0 bridgehead atoms. The van der Waals surface area contributed by atoms with Crippen molar-refractivity contribution in [1.82, 2.24) is 0 Å². The van der Waals surface area contributed by atoms with Crippen LogP contribution in [0.15, 0.2) is 0 Å². The van der Waals surface area contributed by atoms with Crippen LogP contribution in [0.1, 0.15) is 46.5 Å². The minimum absolute atomic E-state index is 0.125. The van der Waals surface area contributed by atoms with E-state index in [4.69, 9.17) is 20.1 Å². The molecule has 1 aliphatic rings. The van der Waals surface area contributed by atoms with Crippen molar-refractivity contribution in [1.29, 1.82) is 0 Å². The lowest BCUT2D eigenvalue weighted by Crippen LogP contribution is -2.37. The van der Waals surface area contributed by atoms with Crippen molar-refractivity contribution < 1.29 is 29.6 Å². The van der Waals surface area contributed by atoms with Crippen LogP contribution in [0, 0.1) is 11.8 Å². The summed E-state index contributed by atoms with van der Waals surface area (Å²) in [6.07, 6.45) is 3.01. The smallest absolute Gasteiger partial charge is 0.310 e. The largest absolute Gasteiger partial charge is 0.481 e. The number of rotatable bonds is 3. The van der Waals surface area contributed by atoms with E-state index in [1.54, 1.807) is 20.8 Å². The third-order valence-corrected chi connectivity index (χ3v) is 2.89. The Labute approximate surface area is 119 Å². The molecule has 2 unspecified atom stereocenters. The Kier molecular flexibility index (Phi) is 8.41. The van der Waals surface area contributed by atoms with Crippen LogP contribution < -0.4 is 0 Å². The first-order valence-electron chi connectivity index (χ1n) is 6.90. The molecule has 3 N–H and O–H groups in total. The van der Waals surface area contributed by atoms with Gasteiger partial charge in [-0.25, -0.2) is 0 Å². The SMILES string of the molecule is CC(C)(C)OC(=O)C1CCCCC1C(=O)O.OCCO. The molecule has 0 aromatic heterocycles. The minimum atomic E-state index is -0.879. The third kappa shape index (κ3) is 7.45. The molecule has 1 saturated carbocycles. The molecule has 0 heterocycles. The summed E-state index contributed by atoms with van der Waals surface area (Å²) in [6, 6.07) is 0. The van der Waals surface area contributed by atoms with Gasteiger partial charge in [0.05, 0.1) is 25.0 Å². The zero-order valence-corrected chi connectivity index (χ0v) is 12.5. The van der Waals surface area contributed by atoms with Gasteiger partial charge in [0.2, 0.25) is 0 Å². The Bertz CT molecular complexity index is 305. The van der Waals surface area contributed by atoms with Gasteiger partial charge in [-0.3, -0.25) is 9.59 Å². The maximum absolute atomic E-state index is 11.8. The fourth-order valence-corrected chi connectivity index (χ4v) is 2.09. The van der Waals surface area contributed by atoms with Crippen LogP contribution in [0.3, 0.4) is 0 Å². The van der Waals surface area contributed by atoms with Gasteiger partial charge in [0.25, 0.3) is 0 Å². The molecule has 20 heavy (non-hydrogen) atoms. The molecule has 0 aliphatic heterocycles. The van der Waals surface area contributed by atoms with Crippen molar-refractivity contribution in [2.45, 2.75) is 52.1 Å². The number of aliphatic hydroxyl groups is 2. The van der Waals surface area contributed by atoms with Crippen LogP contribution in [0.25, 0.3) is 0 Å². The zero-order chi connectivity index (χ0) is 15.8. The number of aliphatic hydroxyl groups excluding tert-OH is 2. The number of ether oxygens (including phenoxy) is 1. The lowest BCUT2D eigenvalue weighted by molar-refractivity contribution is -0.168. The van der Waals surface area contributed by atoms with E-state index in [2.05, 4.69) is 0 Å². The number of carbonyl (C=O) groups is 2. The highest BCUT2D eigenvalue weighted by molar-refractivity contribution is 5.81. The normalized spacial score (nSPS) is 22.4. The molecule has 1 aliphatic carbocycles. The van der Waals surface area contributed by atoms with Gasteiger partial charge in [0.15, 0.2) is 0 Å². The van der Waals surface area contributed by atoms with Gasteiger partial charge in [-0.2, -0.15) is 0 Å². The summed E-state index contributed by atoms with van der Waals surface area (Å²) >= 11 is 0. The number of hydrogen-bond acceptors (Lipinski definition) is 5. The zero-order valence-electron chi connectivity index (χ0n) is 12.5. The highest BCUT2D eigenvalue weighted by Gasteiger charge is 2.38. The number of carboxylic acids is 1. The van der Waals surface area contributed by atoms with Gasteiger partial charge in [-0.05, 0) is 33.6 Å². The molecule has 0 radical (unpaired) electrons. The third-order valence-electron chi connectivity index (χ3n) is 2.89. The van der Waals surface area contributed by atoms with Crippen molar-refractivity contribution >= 4 is 11.9 Å². The van der Waals surface area contributed by atoms with E-state index in [1.165, 1.54) is 0 Å². The number of aliphatic carboxylic acids is 1. The Balaban J connectivity index is 0.000000796. The number of hydrogen-bond donors (Lipinski definition) is 3. The predicted molar refractivity (Wildman–Crippen MR) is 73.1 cm³/mol. The Morgan fingerprint density at radius 3 is 1.85 bits per heavy atom. The maximum Gasteiger partial charge on any atom is 0.310 e.